The quantitative estimate of drug-likeness (QED) is 0.623. The molecule has 0 aromatic carbocycles. The molecule has 9 heteroatoms. The van der Waals surface area contributed by atoms with Gasteiger partial charge in [-0.1, -0.05) is 11.6 Å². The van der Waals surface area contributed by atoms with Crippen LogP contribution in [0, 0.1) is 0 Å². The number of sulfonamides is 1. The molecule has 0 atom stereocenters. The van der Waals surface area contributed by atoms with E-state index in [1.54, 1.807) is 0 Å². The largest absolute Gasteiger partial charge is 0.307 e. The Morgan fingerprint density at radius 3 is 2.52 bits per heavy atom. The van der Waals surface area contributed by atoms with Crippen molar-refractivity contribution in [3.63, 3.8) is 0 Å². The van der Waals surface area contributed by atoms with E-state index in [9.17, 15) is 8.42 Å². The Morgan fingerprint density at radius 2 is 2.05 bits per heavy atom. The van der Waals surface area contributed by atoms with Crippen LogP contribution in [0.1, 0.15) is 12.8 Å². The van der Waals surface area contributed by atoms with Crippen LogP contribution in [0.4, 0.5) is 5.82 Å². The molecule has 1 aliphatic rings. The van der Waals surface area contributed by atoms with Gasteiger partial charge in [-0.15, -0.1) is 0 Å². The summed E-state index contributed by atoms with van der Waals surface area (Å²) in [6, 6.07) is 1.79. The van der Waals surface area contributed by atoms with Crippen LogP contribution in [0.2, 0.25) is 5.02 Å². The topological polar surface area (TPSA) is 91.6 Å². The van der Waals surface area contributed by atoms with Crippen molar-refractivity contribution in [1.82, 2.24) is 14.2 Å². The predicted octanol–water partition coefficient (Wildman–Crippen LogP) is 0.735. The van der Waals surface area contributed by atoms with Crippen molar-refractivity contribution in [1.29, 1.82) is 0 Å². The minimum atomic E-state index is -3.56. The fraction of sp³-hybridized carbons (Fsp3) is 0.583. The zero-order valence-electron chi connectivity index (χ0n) is 12.1. The molecule has 0 bridgehead atoms. The monoisotopic (exact) mass is 333 g/mol. The summed E-state index contributed by atoms with van der Waals surface area (Å²) < 4.78 is 26.6. The highest BCUT2D eigenvalue weighted by molar-refractivity contribution is 7.89. The number of nitrogens with two attached hydrogens (primary N) is 1. The van der Waals surface area contributed by atoms with Gasteiger partial charge in [-0.25, -0.2) is 19.2 Å². The second-order valence-corrected chi connectivity index (χ2v) is 7.59. The van der Waals surface area contributed by atoms with E-state index in [0.29, 0.717) is 19.1 Å². The Kier molecular flexibility index (Phi) is 5.05. The number of nitrogens with one attached hydrogen (secondary N) is 1. The molecule has 1 aromatic rings. The molecule has 1 saturated heterocycles. The van der Waals surface area contributed by atoms with Crippen LogP contribution >= 0.6 is 11.6 Å². The standard InChI is InChI=1S/C12H20ClN5O2S/c1-17(2)9-3-5-18(6-4-9)21(19,20)10-7-11(13)12(16-14)15-8-10/h7-9H,3-6,14H2,1-2H3,(H,15,16). The lowest BCUT2D eigenvalue weighted by Crippen LogP contribution is -2.44. The Balaban J connectivity index is 2.17. The third-order valence-corrected chi connectivity index (χ3v) is 5.90. The molecule has 0 amide bonds. The van der Waals surface area contributed by atoms with Gasteiger partial charge in [-0.3, -0.25) is 0 Å². The smallest absolute Gasteiger partial charge is 0.244 e. The normalized spacial score (nSPS) is 18.1. The number of nitrogen functional groups attached to an aromatic ring is 1. The first-order valence-electron chi connectivity index (χ1n) is 6.65. The van der Waals surface area contributed by atoms with Crippen molar-refractivity contribution in [2.75, 3.05) is 32.6 Å². The lowest BCUT2D eigenvalue weighted by atomic mass is 10.1. The molecule has 0 saturated carbocycles. The third kappa shape index (κ3) is 3.46. The average Bonchev–Trinajstić information content (AvgIpc) is 2.47. The summed E-state index contributed by atoms with van der Waals surface area (Å²) in [5, 5.41) is 0.182. The first-order chi connectivity index (χ1) is 9.86. The number of hydrogen-bond acceptors (Lipinski definition) is 6. The molecule has 1 fully saturated rings. The first-order valence-corrected chi connectivity index (χ1v) is 8.47. The minimum Gasteiger partial charge on any atom is -0.307 e. The highest BCUT2D eigenvalue weighted by atomic mass is 35.5. The van der Waals surface area contributed by atoms with E-state index in [-0.39, 0.29) is 15.7 Å². The molecule has 3 N–H and O–H groups in total. The third-order valence-electron chi connectivity index (χ3n) is 3.74. The lowest BCUT2D eigenvalue weighted by molar-refractivity contribution is 0.196. The average molecular weight is 334 g/mol. The van der Waals surface area contributed by atoms with Crippen molar-refractivity contribution in [2.45, 2.75) is 23.8 Å². The highest BCUT2D eigenvalue weighted by Gasteiger charge is 2.30. The van der Waals surface area contributed by atoms with E-state index >= 15 is 0 Å². The van der Waals surface area contributed by atoms with Gasteiger partial charge < -0.3 is 10.3 Å². The maximum atomic E-state index is 12.6. The number of nitrogens with zero attached hydrogens (tertiary/aromatic N) is 3. The van der Waals surface area contributed by atoms with Gasteiger partial charge in [0, 0.05) is 25.3 Å². The molecule has 2 rings (SSSR count). The molecule has 7 nitrogen and oxygen atoms in total. The zero-order valence-corrected chi connectivity index (χ0v) is 13.7. The molecule has 0 unspecified atom stereocenters. The van der Waals surface area contributed by atoms with Crippen LogP contribution in [0.15, 0.2) is 17.2 Å². The zero-order chi connectivity index (χ0) is 15.6. The minimum absolute atomic E-state index is 0.0924. The fourth-order valence-corrected chi connectivity index (χ4v) is 4.14. The van der Waals surface area contributed by atoms with Crippen molar-refractivity contribution >= 4 is 27.4 Å². The Labute approximate surface area is 130 Å². The van der Waals surface area contributed by atoms with Crippen molar-refractivity contribution in [3.05, 3.63) is 17.3 Å². The van der Waals surface area contributed by atoms with Gasteiger partial charge >= 0.3 is 0 Å². The van der Waals surface area contributed by atoms with E-state index in [1.165, 1.54) is 16.6 Å². The van der Waals surface area contributed by atoms with Gasteiger partial charge in [0.05, 0.1) is 5.02 Å². The summed E-state index contributed by atoms with van der Waals surface area (Å²) in [4.78, 5) is 6.14. The van der Waals surface area contributed by atoms with Crippen LogP contribution < -0.4 is 11.3 Å². The van der Waals surface area contributed by atoms with E-state index in [2.05, 4.69) is 15.3 Å². The number of anilines is 1. The molecule has 1 aromatic heterocycles. The molecule has 118 valence electrons. The van der Waals surface area contributed by atoms with E-state index in [4.69, 9.17) is 17.4 Å². The number of halogens is 1. The summed E-state index contributed by atoms with van der Waals surface area (Å²) in [6.07, 6.45) is 2.90. The van der Waals surface area contributed by atoms with Gasteiger partial charge in [-0.2, -0.15) is 4.31 Å². The van der Waals surface area contributed by atoms with Crippen LogP contribution in [-0.4, -0.2) is 55.8 Å². The van der Waals surface area contributed by atoms with Gasteiger partial charge in [0.2, 0.25) is 10.0 Å². The van der Waals surface area contributed by atoms with Crippen LogP contribution in [0.3, 0.4) is 0 Å². The molecular formula is C12H20ClN5O2S. The van der Waals surface area contributed by atoms with E-state index in [1.807, 2.05) is 14.1 Å². The van der Waals surface area contributed by atoms with Gasteiger partial charge in [-0.05, 0) is 33.0 Å². The summed E-state index contributed by atoms with van der Waals surface area (Å²) in [7, 11) is 0.463. The summed E-state index contributed by atoms with van der Waals surface area (Å²) in [6.45, 7) is 0.999. The van der Waals surface area contributed by atoms with Crippen LogP contribution in [0.25, 0.3) is 0 Å². The molecule has 0 radical (unpaired) electrons. The number of piperidine rings is 1. The number of aromatic nitrogens is 1. The van der Waals surface area contributed by atoms with E-state index in [0.717, 1.165) is 12.8 Å². The Hall–Kier alpha value is -0.930. The van der Waals surface area contributed by atoms with Gasteiger partial charge in [0.1, 0.15) is 4.90 Å². The molecular weight excluding hydrogens is 314 g/mol. The van der Waals surface area contributed by atoms with Gasteiger partial charge in [0.25, 0.3) is 0 Å². The summed E-state index contributed by atoms with van der Waals surface area (Å²) in [5.74, 6) is 5.49. The van der Waals surface area contributed by atoms with Crippen LogP contribution in [0.5, 0.6) is 0 Å². The van der Waals surface area contributed by atoms with E-state index < -0.39 is 10.0 Å². The number of rotatable bonds is 4. The number of hydrogen-bond donors (Lipinski definition) is 2. The Morgan fingerprint density at radius 1 is 1.43 bits per heavy atom. The predicted molar refractivity (Wildman–Crippen MR) is 82.5 cm³/mol. The molecule has 0 aliphatic carbocycles. The molecule has 0 spiro atoms. The van der Waals surface area contributed by atoms with Crippen molar-refractivity contribution in [3.8, 4) is 0 Å². The Bertz CT molecular complexity index is 600. The van der Waals surface area contributed by atoms with Crippen molar-refractivity contribution < 1.29 is 8.42 Å². The molecule has 2 heterocycles. The van der Waals surface area contributed by atoms with Crippen molar-refractivity contribution in [2.24, 2.45) is 5.84 Å². The molecule has 1 aliphatic heterocycles. The maximum Gasteiger partial charge on any atom is 0.244 e. The summed E-state index contributed by atoms with van der Waals surface area (Å²) in [5.41, 5.74) is 2.31. The fourth-order valence-electron chi connectivity index (χ4n) is 2.42. The second-order valence-electron chi connectivity index (χ2n) is 5.24. The number of hydrazine groups is 1. The SMILES string of the molecule is CN(C)C1CCN(S(=O)(=O)c2cnc(NN)c(Cl)c2)CC1. The lowest BCUT2D eigenvalue weighted by Gasteiger charge is -2.34. The highest BCUT2D eigenvalue weighted by Crippen LogP contribution is 2.26. The number of pyridine rings is 1. The molecule has 21 heavy (non-hydrogen) atoms. The van der Waals surface area contributed by atoms with Gasteiger partial charge in [0.15, 0.2) is 5.82 Å². The first kappa shape index (κ1) is 16.4. The summed E-state index contributed by atoms with van der Waals surface area (Å²) >= 11 is 5.94. The van der Waals surface area contributed by atoms with Crippen LogP contribution in [-0.2, 0) is 10.0 Å². The maximum absolute atomic E-state index is 12.6. The second kappa shape index (κ2) is 6.45.